The van der Waals surface area contributed by atoms with Crippen LogP contribution in [0.25, 0.3) is 0 Å². The number of aromatic nitrogens is 3. The Morgan fingerprint density at radius 2 is 2.11 bits per heavy atom. The average Bonchev–Trinajstić information content (AvgIpc) is 2.36. The monoisotopic (exact) mass is 264 g/mol. The first-order valence-corrected chi connectivity index (χ1v) is 5.93. The minimum Gasteiger partial charge on any atom is -0.436 e. The van der Waals surface area contributed by atoms with E-state index in [-0.39, 0.29) is 0 Å². The van der Waals surface area contributed by atoms with Crippen molar-refractivity contribution in [2.24, 2.45) is 0 Å². The average molecular weight is 265 g/mol. The zero-order chi connectivity index (χ0) is 13.0. The SMILES string of the molecule is CCNc1ncc(Cl)c(Oc2ccc(C)nc2)n1. The summed E-state index contributed by atoms with van der Waals surface area (Å²) >= 11 is 5.98. The summed E-state index contributed by atoms with van der Waals surface area (Å²) in [4.78, 5) is 12.3. The Morgan fingerprint density at radius 3 is 2.78 bits per heavy atom. The third-order valence-electron chi connectivity index (χ3n) is 2.15. The van der Waals surface area contributed by atoms with Crippen molar-refractivity contribution >= 4 is 17.5 Å². The summed E-state index contributed by atoms with van der Waals surface area (Å²) in [5.41, 5.74) is 0.921. The number of rotatable bonds is 4. The van der Waals surface area contributed by atoms with Gasteiger partial charge in [0.1, 0.15) is 10.8 Å². The Hall–Kier alpha value is -1.88. The summed E-state index contributed by atoms with van der Waals surface area (Å²) in [5.74, 6) is 1.38. The molecule has 0 aromatic carbocycles. The van der Waals surface area contributed by atoms with Crippen LogP contribution in [0.3, 0.4) is 0 Å². The Kier molecular flexibility index (Phi) is 3.94. The van der Waals surface area contributed by atoms with Crippen molar-refractivity contribution in [1.82, 2.24) is 15.0 Å². The molecule has 0 atom stereocenters. The largest absolute Gasteiger partial charge is 0.436 e. The highest BCUT2D eigenvalue weighted by Gasteiger charge is 2.07. The first kappa shape index (κ1) is 12.6. The molecule has 0 spiro atoms. The number of aryl methyl sites for hydroxylation is 1. The van der Waals surface area contributed by atoms with Gasteiger partial charge in [0.05, 0.1) is 12.4 Å². The van der Waals surface area contributed by atoms with Gasteiger partial charge in [0.25, 0.3) is 0 Å². The van der Waals surface area contributed by atoms with E-state index >= 15 is 0 Å². The molecular weight excluding hydrogens is 252 g/mol. The van der Waals surface area contributed by atoms with Gasteiger partial charge in [-0.05, 0) is 26.0 Å². The van der Waals surface area contributed by atoms with Gasteiger partial charge in [-0.2, -0.15) is 4.98 Å². The van der Waals surface area contributed by atoms with E-state index in [0.717, 1.165) is 12.2 Å². The second-order valence-corrected chi connectivity index (χ2v) is 4.02. The van der Waals surface area contributed by atoms with Gasteiger partial charge in [-0.15, -0.1) is 0 Å². The second-order valence-electron chi connectivity index (χ2n) is 3.61. The quantitative estimate of drug-likeness (QED) is 0.920. The highest BCUT2D eigenvalue weighted by Crippen LogP contribution is 2.26. The van der Waals surface area contributed by atoms with Crippen LogP contribution < -0.4 is 10.1 Å². The molecule has 0 saturated carbocycles. The Bertz CT molecular complexity index is 530. The molecule has 2 heterocycles. The normalized spacial score (nSPS) is 10.2. The van der Waals surface area contributed by atoms with Gasteiger partial charge in [-0.25, -0.2) is 4.98 Å². The van der Waals surface area contributed by atoms with Gasteiger partial charge in [0.2, 0.25) is 11.8 Å². The van der Waals surface area contributed by atoms with E-state index in [2.05, 4.69) is 20.3 Å². The molecule has 0 aliphatic rings. The lowest BCUT2D eigenvalue weighted by Gasteiger charge is -2.08. The molecule has 0 radical (unpaired) electrons. The summed E-state index contributed by atoms with van der Waals surface area (Å²) in [7, 11) is 0. The van der Waals surface area contributed by atoms with Crippen molar-refractivity contribution in [3.63, 3.8) is 0 Å². The highest BCUT2D eigenvalue weighted by atomic mass is 35.5. The first-order chi connectivity index (χ1) is 8.69. The fraction of sp³-hybridized carbons (Fsp3) is 0.250. The summed E-state index contributed by atoms with van der Waals surface area (Å²) in [5, 5.41) is 3.35. The molecule has 0 aliphatic carbocycles. The van der Waals surface area contributed by atoms with Crippen LogP contribution in [0.5, 0.6) is 11.6 Å². The summed E-state index contributed by atoms with van der Waals surface area (Å²) in [6.07, 6.45) is 3.13. The van der Waals surface area contributed by atoms with Crippen LogP contribution in [0.2, 0.25) is 5.02 Å². The molecule has 2 rings (SSSR count). The van der Waals surface area contributed by atoms with Crippen molar-refractivity contribution in [2.45, 2.75) is 13.8 Å². The smallest absolute Gasteiger partial charge is 0.243 e. The molecule has 0 bridgehead atoms. The second kappa shape index (κ2) is 5.64. The van der Waals surface area contributed by atoms with Gasteiger partial charge in [0, 0.05) is 12.2 Å². The standard InChI is InChI=1S/C12H13ClN4O/c1-3-14-12-16-7-10(13)11(17-12)18-9-5-4-8(2)15-6-9/h4-7H,3H2,1-2H3,(H,14,16,17). The van der Waals surface area contributed by atoms with Crippen LogP contribution in [0.1, 0.15) is 12.6 Å². The van der Waals surface area contributed by atoms with E-state index in [1.54, 1.807) is 6.20 Å². The van der Waals surface area contributed by atoms with Crippen LogP contribution in [-0.4, -0.2) is 21.5 Å². The lowest BCUT2D eigenvalue weighted by Crippen LogP contribution is -2.03. The first-order valence-electron chi connectivity index (χ1n) is 5.56. The number of pyridine rings is 1. The van der Waals surface area contributed by atoms with Gasteiger partial charge < -0.3 is 10.1 Å². The predicted molar refractivity (Wildman–Crippen MR) is 70.3 cm³/mol. The zero-order valence-electron chi connectivity index (χ0n) is 10.1. The maximum Gasteiger partial charge on any atom is 0.243 e. The zero-order valence-corrected chi connectivity index (χ0v) is 10.9. The van der Waals surface area contributed by atoms with Gasteiger partial charge in [-0.1, -0.05) is 11.6 Å². The molecule has 0 fully saturated rings. The van der Waals surface area contributed by atoms with Crippen LogP contribution >= 0.6 is 11.6 Å². The van der Waals surface area contributed by atoms with Crippen LogP contribution in [0, 0.1) is 6.92 Å². The molecule has 0 saturated heterocycles. The van der Waals surface area contributed by atoms with Crippen molar-refractivity contribution in [2.75, 3.05) is 11.9 Å². The number of ether oxygens (including phenoxy) is 1. The van der Waals surface area contributed by atoms with Crippen molar-refractivity contribution in [1.29, 1.82) is 0 Å². The predicted octanol–water partition coefficient (Wildman–Crippen LogP) is 3.06. The Labute approximate surface area is 110 Å². The molecule has 6 heteroatoms. The van der Waals surface area contributed by atoms with E-state index < -0.39 is 0 Å². The molecule has 0 unspecified atom stereocenters. The lowest BCUT2D eigenvalue weighted by molar-refractivity contribution is 0.460. The summed E-state index contributed by atoms with van der Waals surface area (Å²) < 4.78 is 5.57. The molecular formula is C12H13ClN4O. The van der Waals surface area contributed by atoms with E-state index in [1.165, 1.54) is 6.20 Å². The number of nitrogens with one attached hydrogen (secondary N) is 1. The number of hydrogen-bond donors (Lipinski definition) is 1. The summed E-state index contributed by atoms with van der Waals surface area (Å²) in [6.45, 7) is 4.60. The topological polar surface area (TPSA) is 59.9 Å². The Morgan fingerprint density at radius 1 is 1.28 bits per heavy atom. The van der Waals surface area contributed by atoms with Gasteiger partial charge in [-0.3, -0.25) is 4.98 Å². The highest BCUT2D eigenvalue weighted by molar-refractivity contribution is 6.31. The number of hydrogen-bond acceptors (Lipinski definition) is 5. The molecule has 0 amide bonds. The molecule has 2 aromatic rings. The van der Waals surface area contributed by atoms with Crippen molar-refractivity contribution < 1.29 is 4.74 Å². The number of nitrogens with zero attached hydrogens (tertiary/aromatic N) is 3. The van der Waals surface area contributed by atoms with E-state index in [4.69, 9.17) is 16.3 Å². The molecule has 18 heavy (non-hydrogen) atoms. The van der Waals surface area contributed by atoms with Crippen molar-refractivity contribution in [3.8, 4) is 11.6 Å². The van der Waals surface area contributed by atoms with Gasteiger partial charge in [0.15, 0.2) is 0 Å². The minimum atomic E-state index is 0.313. The van der Waals surface area contributed by atoms with E-state index in [1.807, 2.05) is 26.0 Å². The van der Waals surface area contributed by atoms with E-state index in [0.29, 0.717) is 22.6 Å². The van der Waals surface area contributed by atoms with E-state index in [9.17, 15) is 0 Å². The molecule has 94 valence electrons. The maximum absolute atomic E-state index is 5.98. The number of halogens is 1. The van der Waals surface area contributed by atoms with Crippen molar-refractivity contribution in [3.05, 3.63) is 35.2 Å². The molecule has 5 nitrogen and oxygen atoms in total. The van der Waals surface area contributed by atoms with Crippen LogP contribution in [-0.2, 0) is 0 Å². The van der Waals surface area contributed by atoms with Crippen LogP contribution in [0.15, 0.2) is 24.5 Å². The maximum atomic E-state index is 5.98. The summed E-state index contributed by atoms with van der Waals surface area (Å²) in [6, 6.07) is 3.67. The Balaban J connectivity index is 2.22. The van der Waals surface area contributed by atoms with Crippen LogP contribution in [0.4, 0.5) is 5.95 Å². The minimum absolute atomic E-state index is 0.313. The fourth-order valence-electron chi connectivity index (χ4n) is 1.29. The molecule has 0 aliphatic heterocycles. The lowest BCUT2D eigenvalue weighted by atomic mass is 10.4. The fourth-order valence-corrected chi connectivity index (χ4v) is 1.42. The van der Waals surface area contributed by atoms with Gasteiger partial charge >= 0.3 is 0 Å². The molecule has 1 N–H and O–H groups in total. The third kappa shape index (κ3) is 3.07. The third-order valence-corrected chi connectivity index (χ3v) is 2.40. The molecule has 2 aromatic heterocycles. The number of anilines is 1.